The number of fused-ring (bicyclic) bond motifs is 1. The van der Waals surface area contributed by atoms with E-state index in [0.717, 1.165) is 5.56 Å². The van der Waals surface area contributed by atoms with Crippen LogP contribution < -0.4 is 11.0 Å². The summed E-state index contributed by atoms with van der Waals surface area (Å²) in [5.41, 5.74) is 2.14. The maximum Gasteiger partial charge on any atom is 0.329 e. The molecule has 0 aliphatic heterocycles. The van der Waals surface area contributed by atoms with Crippen LogP contribution in [-0.4, -0.2) is 23.5 Å². The molecule has 1 aromatic heterocycles. The van der Waals surface area contributed by atoms with Crippen molar-refractivity contribution < 1.29 is 13.2 Å². The largest absolute Gasteiger partial charge is 0.329 e. The molecule has 0 atom stereocenters. The third-order valence-corrected chi connectivity index (χ3v) is 7.79. The lowest BCUT2D eigenvalue weighted by molar-refractivity contribution is 0.102. The number of nitrogens with one attached hydrogen (secondary N) is 1. The number of carbonyl (C=O) groups is 1. The van der Waals surface area contributed by atoms with Crippen LogP contribution in [-0.2, 0) is 22.9 Å². The number of aromatic nitrogens is 2. The lowest BCUT2D eigenvalue weighted by atomic mass is 10.2. The van der Waals surface area contributed by atoms with Gasteiger partial charge < -0.3 is 5.32 Å². The molecule has 1 heterocycles. The zero-order valence-corrected chi connectivity index (χ0v) is 20.6. The Morgan fingerprint density at radius 3 is 2.03 bits per heavy atom. The number of amides is 1. The molecule has 1 amide bonds. The number of nitrogens with zero attached hydrogens (tertiary/aromatic N) is 2. The van der Waals surface area contributed by atoms with Crippen molar-refractivity contribution in [3.8, 4) is 0 Å². The highest BCUT2D eigenvalue weighted by Crippen LogP contribution is 2.32. The molecule has 3 aromatic carbocycles. The normalized spacial score (nSPS) is 11.6. The Kier molecular flexibility index (Phi) is 6.38. The monoisotopic (exact) mass is 497 g/mol. The van der Waals surface area contributed by atoms with Gasteiger partial charge in [-0.2, -0.15) is 0 Å². The molecule has 4 rings (SSSR count). The van der Waals surface area contributed by atoms with Gasteiger partial charge in [0.15, 0.2) is 0 Å². The summed E-state index contributed by atoms with van der Waals surface area (Å²) >= 11 is 5.92. The van der Waals surface area contributed by atoms with Crippen LogP contribution in [0.15, 0.2) is 75.2 Å². The summed E-state index contributed by atoms with van der Waals surface area (Å²) in [6.45, 7) is 6.31. The van der Waals surface area contributed by atoms with Crippen molar-refractivity contribution in [3.63, 3.8) is 0 Å². The number of carbonyl (C=O) groups excluding carboxylic acids is 1. The standard InChI is InChI=1S/C25H24ClN3O4S/c1-4-28-21-14-20(27-24(30)17-8-10-18(26)11-9-17)23(15-22(21)29(5-2)25(28)31)34(32,33)19-12-6-16(3)7-13-19/h6-15H,4-5H2,1-3H3,(H,27,30). The van der Waals surface area contributed by atoms with Crippen molar-refractivity contribution in [2.24, 2.45) is 0 Å². The lowest BCUT2D eigenvalue weighted by Gasteiger charge is -2.14. The van der Waals surface area contributed by atoms with Crippen LogP contribution in [0.5, 0.6) is 0 Å². The second-order valence-corrected chi connectivity index (χ2v) is 10.2. The Bertz CT molecular complexity index is 1550. The summed E-state index contributed by atoms with van der Waals surface area (Å²) in [6, 6.07) is 15.8. The summed E-state index contributed by atoms with van der Waals surface area (Å²) in [5.74, 6) is -0.489. The SMILES string of the molecule is CCn1c(=O)n(CC)c2cc(S(=O)(=O)c3ccc(C)cc3)c(NC(=O)c3ccc(Cl)cc3)cc21. The molecule has 1 N–H and O–H groups in total. The van der Waals surface area contributed by atoms with Crippen LogP contribution in [0.1, 0.15) is 29.8 Å². The van der Waals surface area contributed by atoms with E-state index < -0.39 is 15.7 Å². The van der Waals surface area contributed by atoms with Crippen molar-refractivity contribution >= 4 is 44.1 Å². The quantitative estimate of drug-likeness (QED) is 0.410. The second kappa shape index (κ2) is 9.12. The Labute approximate surface area is 202 Å². The van der Waals surface area contributed by atoms with Gasteiger partial charge in [0.1, 0.15) is 0 Å². The van der Waals surface area contributed by atoms with E-state index in [1.807, 2.05) is 20.8 Å². The number of rotatable bonds is 6. The first-order valence-electron chi connectivity index (χ1n) is 10.8. The van der Waals surface area contributed by atoms with E-state index in [1.165, 1.54) is 22.8 Å². The first-order chi connectivity index (χ1) is 16.2. The highest BCUT2D eigenvalue weighted by molar-refractivity contribution is 7.91. The van der Waals surface area contributed by atoms with Crippen molar-refractivity contribution in [2.75, 3.05) is 5.32 Å². The molecule has 0 fully saturated rings. The molecule has 0 unspecified atom stereocenters. The zero-order chi connectivity index (χ0) is 24.6. The van der Waals surface area contributed by atoms with Gasteiger partial charge in [0, 0.05) is 23.7 Å². The number of sulfone groups is 1. The van der Waals surface area contributed by atoms with E-state index in [-0.39, 0.29) is 21.2 Å². The molecule has 0 aliphatic carbocycles. The molecule has 0 saturated carbocycles. The third-order valence-electron chi connectivity index (χ3n) is 5.73. The van der Waals surface area contributed by atoms with Gasteiger partial charge in [0.25, 0.3) is 5.91 Å². The molecule has 9 heteroatoms. The van der Waals surface area contributed by atoms with E-state index in [9.17, 15) is 18.0 Å². The molecule has 0 radical (unpaired) electrons. The number of anilines is 1. The summed E-state index contributed by atoms with van der Waals surface area (Å²) in [5, 5.41) is 3.22. The fourth-order valence-electron chi connectivity index (χ4n) is 3.91. The number of aryl methyl sites for hydroxylation is 3. The molecule has 0 bridgehead atoms. The number of imidazole rings is 1. The topological polar surface area (TPSA) is 90.2 Å². The van der Waals surface area contributed by atoms with Crippen LogP contribution in [0.4, 0.5) is 5.69 Å². The molecule has 34 heavy (non-hydrogen) atoms. The molecule has 4 aromatic rings. The van der Waals surface area contributed by atoms with Crippen molar-refractivity contribution in [3.05, 3.63) is 87.3 Å². The highest BCUT2D eigenvalue weighted by atomic mass is 35.5. The Balaban J connectivity index is 1.96. The van der Waals surface area contributed by atoms with Crippen LogP contribution in [0.2, 0.25) is 5.02 Å². The maximum absolute atomic E-state index is 13.7. The zero-order valence-electron chi connectivity index (χ0n) is 19.0. The van der Waals surface area contributed by atoms with Crippen LogP contribution in [0.3, 0.4) is 0 Å². The molecule has 0 spiro atoms. The van der Waals surface area contributed by atoms with Crippen LogP contribution in [0, 0.1) is 6.92 Å². The second-order valence-electron chi connectivity index (χ2n) is 7.89. The Morgan fingerprint density at radius 1 is 0.912 bits per heavy atom. The van der Waals surface area contributed by atoms with Gasteiger partial charge >= 0.3 is 5.69 Å². The minimum atomic E-state index is -4.01. The fraction of sp³-hybridized carbons (Fsp3) is 0.200. The Hall–Kier alpha value is -3.36. The van der Waals surface area contributed by atoms with E-state index in [0.29, 0.717) is 34.7 Å². The molecule has 7 nitrogen and oxygen atoms in total. The van der Waals surface area contributed by atoms with E-state index in [4.69, 9.17) is 11.6 Å². The van der Waals surface area contributed by atoms with Gasteiger partial charge in [-0.1, -0.05) is 29.3 Å². The summed E-state index contributed by atoms with van der Waals surface area (Å²) in [7, 11) is -4.01. The number of hydrogen-bond acceptors (Lipinski definition) is 4. The highest BCUT2D eigenvalue weighted by Gasteiger charge is 2.26. The van der Waals surface area contributed by atoms with Crippen LogP contribution in [0.25, 0.3) is 11.0 Å². The van der Waals surface area contributed by atoms with E-state index in [1.54, 1.807) is 47.0 Å². The fourth-order valence-corrected chi connectivity index (χ4v) is 5.45. The Morgan fingerprint density at radius 2 is 1.47 bits per heavy atom. The molecule has 0 saturated heterocycles. The van der Waals surface area contributed by atoms with Gasteiger partial charge in [0.05, 0.1) is 26.5 Å². The number of halogens is 1. The van der Waals surface area contributed by atoms with Gasteiger partial charge in [0.2, 0.25) is 9.84 Å². The predicted molar refractivity (Wildman–Crippen MR) is 134 cm³/mol. The number of benzene rings is 3. The average Bonchev–Trinajstić information content (AvgIpc) is 3.08. The van der Waals surface area contributed by atoms with E-state index in [2.05, 4.69) is 5.32 Å². The minimum absolute atomic E-state index is 0.0818. The van der Waals surface area contributed by atoms with Gasteiger partial charge in [-0.05, 0) is 69.3 Å². The van der Waals surface area contributed by atoms with Gasteiger partial charge in [-0.25, -0.2) is 13.2 Å². The first kappa shape index (κ1) is 23.8. The minimum Gasteiger partial charge on any atom is -0.321 e. The van der Waals surface area contributed by atoms with Gasteiger partial charge in [-0.15, -0.1) is 0 Å². The van der Waals surface area contributed by atoms with Crippen molar-refractivity contribution in [2.45, 2.75) is 43.7 Å². The van der Waals surface area contributed by atoms with Crippen molar-refractivity contribution in [1.82, 2.24) is 9.13 Å². The first-order valence-corrected chi connectivity index (χ1v) is 12.7. The molecular formula is C25H24ClN3O4S. The van der Waals surface area contributed by atoms with E-state index >= 15 is 0 Å². The number of hydrogen-bond donors (Lipinski definition) is 1. The smallest absolute Gasteiger partial charge is 0.321 e. The van der Waals surface area contributed by atoms with Gasteiger partial charge in [-0.3, -0.25) is 13.9 Å². The molecule has 0 aliphatic rings. The predicted octanol–water partition coefficient (Wildman–Crippen LogP) is 4.89. The summed E-state index contributed by atoms with van der Waals surface area (Å²) in [4.78, 5) is 25.9. The maximum atomic E-state index is 13.7. The van der Waals surface area contributed by atoms with Crippen molar-refractivity contribution in [1.29, 1.82) is 0 Å². The average molecular weight is 498 g/mol. The lowest BCUT2D eigenvalue weighted by Crippen LogP contribution is -2.23. The van der Waals surface area contributed by atoms with Crippen LogP contribution >= 0.6 is 11.6 Å². The molecule has 176 valence electrons. The summed E-state index contributed by atoms with van der Waals surface area (Å²) < 4.78 is 30.4. The third kappa shape index (κ3) is 4.15. The summed E-state index contributed by atoms with van der Waals surface area (Å²) in [6.07, 6.45) is 0. The molecular weight excluding hydrogens is 474 g/mol.